The van der Waals surface area contributed by atoms with E-state index in [0.717, 1.165) is 11.1 Å². The Hall–Kier alpha value is -1.42. The molecule has 1 aromatic rings. The molecule has 0 amide bonds. The number of alkyl halides is 1. The number of hydrogen-bond acceptors (Lipinski definition) is 2. The number of carbonyl (C=O) groups is 1. The fourth-order valence-corrected chi connectivity index (χ4v) is 1.39. The number of carboxylic acids is 1. The Morgan fingerprint density at radius 3 is 2.87 bits per heavy atom. The molecule has 0 aliphatic carbocycles. The van der Waals surface area contributed by atoms with Crippen LogP contribution in [0.3, 0.4) is 0 Å². The maximum absolute atomic E-state index is 12.1. The highest BCUT2D eigenvalue weighted by atomic mass is 19.1. The summed E-state index contributed by atoms with van der Waals surface area (Å²) in [4.78, 5) is 10.5. The van der Waals surface area contributed by atoms with Crippen molar-refractivity contribution >= 4 is 5.97 Å². The van der Waals surface area contributed by atoms with Crippen LogP contribution >= 0.6 is 0 Å². The summed E-state index contributed by atoms with van der Waals surface area (Å²) in [6.45, 7) is -0.419. The van der Waals surface area contributed by atoms with Crippen molar-refractivity contribution in [2.24, 2.45) is 5.73 Å². The van der Waals surface area contributed by atoms with E-state index in [0.29, 0.717) is 6.42 Å². The molecular weight excluding hydrogens is 197 g/mol. The highest BCUT2D eigenvalue weighted by molar-refractivity contribution is 5.67. The van der Waals surface area contributed by atoms with E-state index in [2.05, 4.69) is 0 Å². The van der Waals surface area contributed by atoms with E-state index in [-0.39, 0.29) is 6.42 Å². The summed E-state index contributed by atoms with van der Waals surface area (Å²) in [7, 11) is 0. The maximum atomic E-state index is 12.1. The van der Waals surface area contributed by atoms with Crippen LogP contribution in [0, 0.1) is 0 Å². The minimum absolute atomic E-state index is 0.112. The fraction of sp³-hybridized carbons (Fsp3) is 0.364. The molecule has 0 aromatic heterocycles. The first-order chi connectivity index (χ1) is 7.13. The number of aryl methyl sites for hydroxylation is 1. The van der Waals surface area contributed by atoms with Crippen LogP contribution in [0.5, 0.6) is 0 Å². The Kier molecular flexibility index (Phi) is 4.24. The molecule has 4 heteroatoms. The first-order valence-electron chi connectivity index (χ1n) is 4.75. The summed E-state index contributed by atoms with van der Waals surface area (Å²) >= 11 is 0. The molecule has 1 rings (SSSR count). The molecule has 1 atom stereocenters. The van der Waals surface area contributed by atoms with Gasteiger partial charge >= 0.3 is 5.97 Å². The quantitative estimate of drug-likeness (QED) is 0.778. The summed E-state index contributed by atoms with van der Waals surface area (Å²) in [6.07, 6.45) is 0.229. The lowest BCUT2D eigenvalue weighted by Crippen LogP contribution is -2.15. The lowest BCUT2D eigenvalue weighted by atomic mass is 10.0. The zero-order valence-corrected chi connectivity index (χ0v) is 8.32. The number of halogens is 1. The Balaban J connectivity index is 2.75. The summed E-state index contributed by atoms with van der Waals surface area (Å²) in [5.74, 6) is -0.932. The minimum Gasteiger partial charge on any atom is -0.481 e. The van der Waals surface area contributed by atoms with Gasteiger partial charge in [0, 0.05) is 12.5 Å². The summed E-state index contributed by atoms with van der Waals surface area (Å²) in [5.41, 5.74) is 7.27. The molecule has 1 aromatic carbocycles. The highest BCUT2D eigenvalue weighted by Crippen LogP contribution is 2.15. The average molecular weight is 211 g/mol. The van der Waals surface area contributed by atoms with Crippen LogP contribution in [0.1, 0.15) is 23.6 Å². The number of rotatable bonds is 5. The van der Waals surface area contributed by atoms with E-state index in [1.165, 1.54) is 0 Å². The van der Waals surface area contributed by atoms with Crippen molar-refractivity contribution in [3.63, 3.8) is 0 Å². The van der Waals surface area contributed by atoms with Crippen LogP contribution in [0.4, 0.5) is 4.39 Å². The Labute approximate surface area is 87.7 Å². The number of benzene rings is 1. The molecule has 0 aliphatic heterocycles. The Morgan fingerprint density at radius 2 is 2.27 bits per heavy atom. The predicted molar refractivity (Wildman–Crippen MR) is 55.3 cm³/mol. The van der Waals surface area contributed by atoms with Gasteiger partial charge in [0.25, 0.3) is 0 Å². The lowest BCUT2D eigenvalue weighted by molar-refractivity contribution is -0.137. The minimum atomic E-state index is -0.932. The van der Waals surface area contributed by atoms with Gasteiger partial charge in [-0.05, 0) is 11.1 Å². The average Bonchev–Trinajstić information content (AvgIpc) is 2.17. The molecular formula is C11H14FNO2. The molecule has 0 heterocycles. The van der Waals surface area contributed by atoms with Crippen LogP contribution < -0.4 is 5.73 Å². The van der Waals surface area contributed by atoms with Crippen molar-refractivity contribution in [2.75, 3.05) is 6.67 Å². The second kappa shape index (κ2) is 5.46. The van der Waals surface area contributed by atoms with Crippen LogP contribution in [0.2, 0.25) is 0 Å². The van der Waals surface area contributed by atoms with Gasteiger partial charge in [0.1, 0.15) is 0 Å². The van der Waals surface area contributed by atoms with Crippen molar-refractivity contribution in [3.05, 3.63) is 35.4 Å². The third-order valence-corrected chi connectivity index (χ3v) is 2.16. The van der Waals surface area contributed by atoms with Crippen molar-refractivity contribution in [2.45, 2.75) is 18.9 Å². The largest absolute Gasteiger partial charge is 0.481 e. The smallest absolute Gasteiger partial charge is 0.305 e. The van der Waals surface area contributed by atoms with Crippen molar-refractivity contribution in [1.82, 2.24) is 0 Å². The zero-order chi connectivity index (χ0) is 11.3. The Bertz CT molecular complexity index is 341. The zero-order valence-electron chi connectivity index (χ0n) is 8.32. The maximum Gasteiger partial charge on any atom is 0.305 e. The third-order valence-electron chi connectivity index (χ3n) is 2.16. The van der Waals surface area contributed by atoms with Crippen LogP contribution in [-0.4, -0.2) is 17.8 Å². The SMILES string of the molecule is NC(CC(=O)O)c1cccc(CCF)c1. The molecule has 3 nitrogen and oxygen atoms in total. The highest BCUT2D eigenvalue weighted by Gasteiger charge is 2.10. The predicted octanol–water partition coefficient (Wildman–Crippen LogP) is 1.67. The molecule has 15 heavy (non-hydrogen) atoms. The monoisotopic (exact) mass is 211 g/mol. The van der Waals surface area contributed by atoms with Crippen LogP contribution in [0.25, 0.3) is 0 Å². The summed E-state index contributed by atoms with van der Waals surface area (Å²) in [6, 6.07) is 6.56. The second-order valence-corrected chi connectivity index (χ2v) is 3.39. The van der Waals surface area contributed by atoms with Gasteiger partial charge in [-0.3, -0.25) is 9.18 Å². The van der Waals surface area contributed by atoms with E-state index in [4.69, 9.17) is 10.8 Å². The van der Waals surface area contributed by atoms with Crippen LogP contribution in [0.15, 0.2) is 24.3 Å². The third kappa shape index (κ3) is 3.67. The van der Waals surface area contributed by atoms with Gasteiger partial charge in [-0.1, -0.05) is 24.3 Å². The molecule has 0 spiro atoms. The number of nitrogens with two attached hydrogens (primary N) is 1. The first kappa shape index (κ1) is 11.7. The topological polar surface area (TPSA) is 63.3 Å². The van der Waals surface area contributed by atoms with E-state index in [1.54, 1.807) is 24.3 Å². The standard InChI is InChI=1S/C11H14FNO2/c12-5-4-8-2-1-3-9(6-8)10(13)7-11(14)15/h1-3,6,10H,4-5,7,13H2,(H,14,15). The molecule has 0 radical (unpaired) electrons. The van der Waals surface area contributed by atoms with Gasteiger partial charge in [0.15, 0.2) is 0 Å². The number of carboxylic acid groups (broad SMARTS) is 1. The van der Waals surface area contributed by atoms with E-state index in [1.807, 2.05) is 0 Å². The van der Waals surface area contributed by atoms with Gasteiger partial charge in [-0.2, -0.15) is 0 Å². The normalized spacial score (nSPS) is 12.4. The molecule has 0 saturated carbocycles. The number of hydrogen-bond donors (Lipinski definition) is 2. The second-order valence-electron chi connectivity index (χ2n) is 3.39. The van der Waals surface area contributed by atoms with Gasteiger partial charge in [-0.15, -0.1) is 0 Å². The van der Waals surface area contributed by atoms with Gasteiger partial charge in [-0.25, -0.2) is 0 Å². The van der Waals surface area contributed by atoms with E-state index >= 15 is 0 Å². The van der Waals surface area contributed by atoms with Crippen molar-refractivity contribution in [1.29, 1.82) is 0 Å². The Morgan fingerprint density at radius 1 is 1.53 bits per heavy atom. The van der Waals surface area contributed by atoms with Crippen molar-refractivity contribution in [3.8, 4) is 0 Å². The molecule has 1 unspecified atom stereocenters. The summed E-state index contributed by atoms with van der Waals surface area (Å²) in [5, 5.41) is 8.58. The fourth-order valence-electron chi connectivity index (χ4n) is 1.39. The van der Waals surface area contributed by atoms with Gasteiger partial charge in [0.2, 0.25) is 0 Å². The van der Waals surface area contributed by atoms with Crippen molar-refractivity contribution < 1.29 is 14.3 Å². The van der Waals surface area contributed by atoms with Gasteiger partial charge < -0.3 is 10.8 Å². The number of aliphatic carboxylic acids is 1. The molecule has 0 bridgehead atoms. The van der Waals surface area contributed by atoms with Gasteiger partial charge in [0.05, 0.1) is 13.1 Å². The summed E-state index contributed by atoms with van der Waals surface area (Å²) < 4.78 is 12.1. The molecule has 0 fully saturated rings. The molecule has 0 aliphatic rings. The molecule has 3 N–H and O–H groups in total. The molecule has 82 valence electrons. The lowest BCUT2D eigenvalue weighted by Gasteiger charge is -2.10. The van der Waals surface area contributed by atoms with E-state index < -0.39 is 18.7 Å². The molecule has 0 saturated heterocycles. The first-order valence-corrected chi connectivity index (χ1v) is 4.75. The van der Waals surface area contributed by atoms with Crippen LogP contribution in [-0.2, 0) is 11.2 Å². The van der Waals surface area contributed by atoms with E-state index in [9.17, 15) is 9.18 Å².